The van der Waals surface area contributed by atoms with E-state index in [1.807, 2.05) is 41.3 Å². The van der Waals surface area contributed by atoms with Crippen LogP contribution in [0.5, 0.6) is 0 Å². The Hall–Kier alpha value is -1.57. The largest absolute Gasteiger partial charge is 0.338 e. The number of nitrogens with zero attached hydrogens (tertiary/aromatic N) is 2. The highest BCUT2D eigenvalue weighted by Crippen LogP contribution is 2.29. The summed E-state index contributed by atoms with van der Waals surface area (Å²) in [5.41, 5.74) is 0.881. The highest BCUT2D eigenvalue weighted by molar-refractivity contribution is 9.11. The van der Waals surface area contributed by atoms with Crippen molar-refractivity contribution in [1.82, 2.24) is 9.88 Å². The molecule has 0 saturated carbocycles. The minimum atomic E-state index is -0.0420. The van der Waals surface area contributed by atoms with E-state index in [2.05, 4.69) is 20.9 Å². The van der Waals surface area contributed by atoms with Gasteiger partial charge in [-0.05, 0) is 53.0 Å². The van der Waals surface area contributed by atoms with Crippen molar-refractivity contribution < 1.29 is 9.59 Å². The van der Waals surface area contributed by atoms with Crippen LogP contribution in [0.2, 0.25) is 0 Å². The molecular formula is C18H15BrN2O2S2. The molecule has 0 atom stereocenters. The zero-order valence-corrected chi connectivity index (χ0v) is 16.5. The monoisotopic (exact) mass is 434 g/mol. The van der Waals surface area contributed by atoms with Crippen molar-refractivity contribution >= 4 is 60.5 Å². The van der Waals surface area contributed by atoms with Crippen LogP contribution in [-0.4, -0.2) is 34.7 Å². The lowest BCUT2D eigenvalue weighted by molar-refractivity contribution is 0.0654. The summed E-state index contributed by atoms with van der Waals surface area (Å²) in [5, 5.41) is 0.591. The van der Waals surface area contributed by atoms with Crippen molar-refractivity contribution in [1.29, 1.82) is 0 Å². The van der Waals surface area contributed by atoms with Gasteiger partial charge in [-0.2, -0.15) is 0 Å². The number of thiophene rings is 1. The fourth-order valence-electron chi connectivity index (χ4n) is 3.08. The lowest BCUT2D eigenvalue weighted by Gasteiger charge is -2.30. The van der Waals surface area contributed by atoms with Crippen molar-refractivity contribution in [2.24, 2.45) is 5.92 Å². The van der Waals surface area contributed by atoms with Crippen LogP contribution < -0.4 is 0 Å². The summed E-state index contributed by atoms with van der Waals surface area (Å²) in [6.07, 6.45) is 1.40. The van der Waals surface area contributed by atoms with Crippen molar-refractivity contribution in [2.75, 3.05) is 13.1 Å². The molecule has 1 fully saturated rings. The third kappa shape index (κ3) is 3.41. The predicted octanol–water partition coefficient (Wildman–Crippen LogP) is 4.86. The third-order valence-electron chi connectivity index (χ3n) is 4.44. The number of hydrogen-bond donors (Lipinski definition) is 0. The summed E-state index contributed by atoms with van der Waals surface area (Å²) in [6.45, 7) is 1.24. The number of rotatable bonds is 3. The molecule has 0 aliphatic carbocycles. The first-order valence-electron chi connectivity index (χ1n) is 8.06. The molecule has 4 nitrogen and oxygen atoms in total. The molecule has 0 unspecified atom stereocenters. The number of fused-ring (bicyclic) bond motifs is 1. The van der Waals surface area contributed by atoms with E-state index in [-0.39, 0.29) is 17.6 Å². The molecule has 1 aromatic carbocycles. The summed E-state index contributed by atoms with van der Waals surface area (Å²) in [6, 6.07) is 11.6. The second kappa shape index (κ2) is 6.97. The van der Waals surface area contributed by atoms with Gasteiger partial charge in [0.1, 0.15) is 0 Å². The summed E-state index contributed by atoms with van der Waals surface area (Å²) in [7, 11) is 0. The molecular weight excluding hydrogens is 420 g/mol. The Morgan fingerprint density at radius 2 is 1.84 bits per heavy atom. The van der Waals surface area contributed by atoms with Gasteiger partial charge in [-0.1, -0.05) is 12.1 Å². The molecule has 128 valence electrons. The number of carbonyl (C=O) groups excluding carboxylic acids is 2. The number of likely N-dealkylation sites (tertiary alicyclic amines) is 1. The van der Waals surface area contributed by atoms with Gasteiger partial charge in [0.05, 0.1) is 18.9 Å². The van der Waals surface area contributed by atoms with E-state index >= 15 is 0 Å². The fourth-order valence-corrected chi connectivity index (χ4v) is 5.42. The van der Waals surface area contributed by atoms with Gasteiger partial charge in [0, 0.05) is 19.0 Å². The Morgan fingerprint density at radius 3 is 2.52 bits per heavy atom. The van der Waals surface area contributed by atoms with E-state index in [4.69, 9.17) is 0 Å². The smallest absolute Gasteiger partial charge is 0.263 e. The lowest BCUT2D eigenvalue weighted by Crippen LogP contribution is -2.40. The number of aromatic nitrogens is 1. The number of amides is 1. The molecule has 1 amide bonds. The van der Waals surface area contributed by atoms with Crippen LogP contribution in [0.4, 0.5) is 0 Å². The van der Waals surface area contributed by atoms with Crippen LogP contribution in [0.25, 0.3) is 10.2 Å². The Morgan fingerprint density at radius 1 is 1.08 bits per heavy atom. The number of Topliss-reactive ketones (excluding diaryl/α,β-unsaturated/α-hetero) is 1. The normalized spacial score (nSPS) is 15.6. The van der Waals surface area contributed by atoms with Gasteiger partial charge in [-0.25, -0.2) is 4.98 Å². The van der Waals surface area contributed by atoms with Gasteiger partial charge < -0.3 is 4.90 Å². The third-order valence-corrected chi connectivity index (χ3v) is 7.10. The zero-order chi connectivity index (χ0) is 17.4. The molecule has 1 saturated heterocycles. The van der Waals surface area contributed by atoms with E-state index in [0.717, 1.165) is 18.9 Å². The van der Waals surface area contributed by atoms with Crippen LogP contribution >= 0.6 is 38.6 Å². The molecule has 3 heterocycles. The number of hydrogen-bond acceptors (Lipinski definition) is 5. The average Bonchev–Trinajstić information content (AvgIpc) is 3.26. The second-order valence-corrected chi connectivity index (χ2v) is 9.51. The van der Waals surface area contributed by atoms with Crippen molar-refractivity contribution in [3.05, 3.63) is 50.1 Å². The van der Waals surface area contributed by atoms with Crippen LogP contribution in [0, 0.1) is 5.92 Å². The van der Waals surface area contributed by atoms with E-state index in [0.29, 0.717) is 30.9 Å². The first kappa shape index (κ1) is 16.9. The molecule has 25 heavy (non-hydrogen) atoms. The van der Waals surface area contributed by atoms with Crippen LogP contribution in [0.3, 0.4) is 0 Å². The standard InChI is InChI=1S/C18H15BrN2O2S2/c19-15-6-5-14(24-15)18(23)21-9-7-11(8-10-21)16(22)17-20-12-3-1-2-4-13(12)25-17/h1-6,11H,7-10H2. The molecule has 1 aliphatic heterocycles. The van der Waals surface area contributed by atoms with Crippen molar-refractivity contribution in [2.45, 2.75) is 12.8 Å². The SMILES string of the molecule is O=C(c1nc2ccccc2s1)C1CCN(C(=O)c2ccc(Br)s2)CC1. The molecule has 4 rings (SSSR count). The van der Waals surface area contributed by atoms with E-state index in [1.54, 1.807) is 0 Å². The van der Waals surface area contributed by atoms with Gasteiger partial charge in [-0.15, -0.1) is 22.7 Å². The number of ketones is 1. The summed E-state index contributed by atoms with van der Waals surface area (Å²) < 4.78 is 2.00. The van der Waals surface area contributed by atoms with Crippen LogP contribution in [-0.2, 0) is 0 Å². The molecule has 2 aromatic heterocycles. The number of piperidine rings is 1. The van der Waals surface area contributed by atoms with Crippen LogP contribution in [0.1, 0.15) is 32.3 Å². The van der Waals surface area contributed by atoms with Crippen molar-refractivity contribution in [3.8, 4) is 0 Å². The van der Waals surface area contributed by atoms with Gasteiger partial charge >= 0.3 is 0 Å². The molecule has 0 N–H and O–H groups in total. The van der Waals surface area contributed by atoms with Gasteiger partial charge in [0.25, 0.3) is 5.91 Å². The minimum Gasteiger partial charge on any atom is -0.338 e. The van der Waals surface area contributed by atoms with Crippen LogP contribution in [0.15, 0.2) is 40.2 Å². The summed E-state index contributed by atoms with van der Waals surface area (Å²) in [4.78, 5) is 32.3. The molecule has 7 heteroatoms. The molecule has 1 aliphatic rings. The molecule has 0 spiro atoms. The van der Waals surface area contributed by atoms with Crippen molar-refractivity contribution in [3.63, 3.8) is 0 Å². The van der Waals surface area contributed by atoms with E-state index in [1.165, 1.54) is 22.7 Å². The van der Waals surface area contributed by atoms with Gasteiger partial charge in [0.2, 0.25) is 0 Å². The summed E-state index contributed by atoms with van der Waals surface area (Å²) >= 11 is 6.30. The van der Waals surface area contributed by atoms with Gasteiger partial charge in [0.15, 0.2) is 10.8 Å². The average molecular weight is 435 g/mol. The maximum Gasteiger partial charge on any atom is 0.263 e. The maximum absolute atomic E-state index is 12.8. The lowest BCUT2D eigenvalue weighted by atomic mass is 9.92. The Labute approximate surface area is 161 Å². The first-order chi connectivity index (χ1) is 12.1. The minimum absolute atomic E-state index is 0.0420. The molecule has 0 radical (unpaired) electrons. The van der Waals surface area contributed by atoms with E-state index in [9.17, 15) is 9.59 Å². The molecule has 3 aromatic rings. The fraction of sp³-hybridized carbons (Fsp3) is 0.278. The Balaban J connectivity index is 1.42. The zero-order valence-electron chi connectivity index (χ0n) is 13.3. The quantitative estimate of drug-likeness (QED) is 0.553. The predicted molar refractivity (Wildman–Crippen MR) is 105 cm³/mol. The molecule has 0 bridgehead atoms. The van der Waals surface area contributed by atoms with Gasteiger partial charge in [-0.3, -0.25) is 9.59 Å². The number of thiazole rings is 1. The Kier molecular flexibility index (Phi) is 4.71. The number of para-hydroxylation sites is 1. The number of carbonyl (C=O) groups is 2. The number of halogens is 1. The maximum atomic E-state index is 12.8. The highest BCUT2D eigenvalue weighted by Gasteiger charge is 2.30. The highest BCUT2D eigenvalue weighted by atomic mass is 79.9. The first-order valence-corrected chi connectivity index (χ1v) is 10.5. The topological polar surface area (TPSA) is 50.3 Å². The second-order valence-electron chi connectivity index (χ2n) is 6.02. The number of benzene rings is 1. The summed E-state index contributed by atoms with van der Waals surface area (Å²) in [5.74, 6) is 0.133. The van der Waals surface area contributed by atoms with E-state index < -0.39 is 0 Å². The Bertz CT molecular complexity index is 908.